The van der Waals surface area contributed by atoms with Gasteiger partial charge in [0.05, 0.1) is 0 Å². The maximum Gasteiger partial charge on any atom is 0.229 e. The Labute approximate surface area is 106 Å². The van der Waals surface area contributed by atoms with Crippen LogP contribution in [0.5, 0.6) is 0 Å². The van der Waals surface area contributed by atoms with Crippen LogP contribution in [0, 0.1) is 13.8 Å². The van der Waals surface area contributed by atoms with E-state index in [1.165, 1.54) is 0 Å². The molecule has 0 bridgehead atoms. The van der Waals surface area contributed by atoms with E-state index in [1.54, 1.807) is 18.5 Å². The summed E-state index contributed by atoms with van der Waals surface area (Å²) in [5.74, 6) is 0.275. The average molecular weight is 244 g/mol. The van der Waals surface area contributed by atoms with Crippen LogP contribution < -0.4 is 5.32 Å². The van der Waals surface area contributed by atoms with Gasteiger partial charge in [0.1, 0.15) is 0 Å². The second-order valence-corrected chi connectivity index (χ2v) is 4.14. The van der Waals surface area contributed by atoms with E-state index < -0.39 is 0 Å². The van der Waals surface area contributed by atoms with E-state index in [0.29, 0.717) is 18.9 Å². The van der Waals surface area contributed by atoms with Gasteiger partial charge in [-0.1, -0.05) is 0 Å². The van der Waals surface area contributed by atoms with E-state index in [2.05, 4.69) is 19.9 Å². The minimum Gasteiger partial charge on any atom is -0.349 e. The summed E-state index contributed by atoms with van der Waals surface area (Å²) in [6.45, 7) is 4.74. The van der Waals surface area contributed by atoms with Crippen LogP contribution >= 0.6 is 0 Å². The Bertz CT molecular complexity index is 514. The first-order valence-electron chi connectivity index (χ1n) is 5.86. The molecule has 0 aromatic carbocycles. The number of aromatic nitrogens is 3. The molecular weight excluding hydrogens is 228 g/mol. The summed E-state index contributed by atoms with van der Waals surface area (Å²) in [6, 6.07) is 5.81. The smallest absolute Gasteiger partial charge is 0.229 e. The summed E-state index contributed by atoms with van der Waals surface area (Å²) < 4.78 is 2.12. The van der Waals surface area contributed by atoms with Crippen LogP contribution in [0.4, 0.5) is 5.95 Å². The fraction of sp³-hybridized carbons (Fsp3) is 0.308. The molecule has 0 unspecified atom stereocenters. The number of carbonyl (C=O) groups is 1. The van der Waals surface area contributed by atoms with Gasteiger partial charge >= 0.3 is 0 Å². The molecule has 0 radical (unpaired) electrons. The number of anilines is 1. The molecule has 0 aliphatic carbocycles. The van der Waals surface area contributed by atoms with Crippen LogP contribution in [0.2, 0.25) is 0 Å². The van der Waals surface area contributed by atoms with Crippen molar-refractivity contribution in [2.24, 2.45) is 0 Å². The molecule has 2 heterocycles. The number of nitrogens with zero attached hydrogens (tertiary/aromatic N) is 3. The maximum absolute atomic E-state index is 11.7. The van der Waals surface area contributed by atoms with Gasteiger partial charge in [-0.15, -0.1) is 0 Å². The quantitative estimate of drug-likeness (QED) is 0.893. The predicted molar refractivity (Wildman–Crippen MR) is 69.2 cm³/mol. The third-order valence-corrected chi connectivity index (χ3v) is 2.80. The highest BCUT2D eigenvalue weighted by molar-refractivity contribution is 5.88. The first-order valence-corrected chi connectivity index (χ1v) is 5.86. The van der Waals surface area contributed by atoms with Crippen LogP contribution in [-0.4, -0.2) is 20.4 Å². The largest absolute Gasteiger partial charge is 0.349 e. The van der Waals surface area contributed by atoms with Gasteiger partial charge in [0.15, 0.2) is 0 Å². The monoisotopic (exact) mass is 244 g/mol. The fourth-order valence-corrected chi connectivity index (χ4v) is 1.82. The molecule has 5 heteroatoms. The van der Waals surface area contributed by atoms with E-state index in [4.69, 9.17) is 0 Å². The Balaban J connectivity index is 1.89. The fourth-order valence-electron chi connectivity index (χ4n) is 1.82. The van der Waals surface area contributed by atoms with Crippen LogP contribution in [0.3, 0.4) is 0 Å². The van der Waals surface area contributed by atoms with Gasteiger partial charge in [-0.2, -0.15) is 0 Å². The molecule has 1 amide bonds. The molecule has 0 aliphatic heterocycles. The van der Waals surface area contributed by atoms with Crippen molar-refractivity contribution < 1.29 is 4.79 Å². The van der Waals surface area contributed by atoms with Crippen molar-refractivity contribution in [1.82, 2.24) is 14.5 Å². The Kier molecular flexibility index (Phi) is 3.72. The van der Waals surface area contributed by atoms with Crippen LogP contribution in [0.15, 0.2) is 30.6 Å². The zero-order chi connectivity index (χ0) is 13.0. The highest BCUT2D eigenvalue weighted by atomic mass is 16.1. The summed E-state index contributed by atoms with van der Waals surface area (Å²) in [5, 5.41) is 2.67. The van der Waals surface area contributed by atoms with Crippen LogP contribution in [-0.2, 0) is 11.3 Å². The molecule has 94 valence electrons. The third-order valence-electron chi connectivity index (χ3n) is 2.80. The van der Waals surface area contributed by atoms with Crippen molar-refractivity contribution in [2.75, 3.05) is 5.32 Å². The molecule has 2 aromatic rings. The molecule has 1 N–H and O–H groups in total. The Morgan fingerprint density at radius 1 is 1.22 bits per heavy atom. The van der Waals surface area contributed by atoms with E-state index in [0.717, 1.165) is 11.4 Å². The minimum atomic E-state index is -0.0753. The first kappa shape index (κ1) is 12.3. The molecule has 0 atom stereocenters. The number of hydrogen-bond donors (Lipinski definition) is 1. The standard InChI is InChI=1S/C13H16N4O/c1-10-4-5-11(2)17(10)9-6-12(18)16-13-14-7-3-8-15-13/h3-5,7-8H,6,9H2,1-2H3,(H,14,15,16,18). The summed E-state index contributed by atoms with van der Waals surface area (Å²) >= 11 is 0. The first-order chi connectivity index (χ1) is 8.66. The topological polar surface area (TPSA) is 59.8 Å². The van der Waals surface area contributed by atoms with Crippen LogP contribution in [0.1, 0.15) is 17.8 Å². The lowest BCUT2D eigenvalue weighted by Gasteiger charge is -2.08. The SMILES string of the molecule is Cc1ccc(C)n1CCC(=O)Nc1ncccn1. The normalized spacial score (nSPS) is 10.3. The third kappa shape index (κ3) is 2.94. The van der Waals surface area contributed by atoms with Gasteiger partial charge in [-0.05, 0) is 32.0 Å². The molecule has 2 aromatic heterocycles. The van der Waals surface area contributed by atoms with E-state index in [-0.39, 0.29) is 5.91 Å². The van der Waals surface area contributed by atoms with Gasteiger partial charge in [-0.25, -0.2) is 9.97 Å². The highest BCUT2D eigenvalue weighted by Crippen LogP contribution is 2.08. The van der Waals surface area contributed by atoms with Gasteiger partial charge in [0, 0.05) is 36.7 Å². The molecule has 0 spiro atoms. The average Bonchev–Trinajstić information content (AvgIpc) is 2.68. The number of hydrogen-bond acceptors (Lipinski definition) is 3. The van der Waals surface area contributed by atoms with Crippen molar-refractivity contribution in [3.63, 3.8) is 0 Å². The number of amides is 1. The zero-order valence-electron chi connectivity index (χ0n) is 10.6. The lowest BCUT2D eigenvalue weighted by atomic mass is 10.3. The molecule has 0 saturated carbocycles. The van der Waals surface area contributed by atoms with Crippen molar-refractivity contribution in [3.8, 4) is 0 Å². The Morgan fingerprint density at radius 3 is 2.44 bits per heavy atom. The van der Waals surface area contributed by atoms with Crippen molar-refractivity contribution in [1.29, 1.82) is 0 Å². The maximum atomic E-state index is 11.7. The molecule has 0 saturated heterocycles. The second kappa shape index (κ2) is 5.44. The van der Waals surface area contributed by atoms with Crippen molar-refractivity contribution in [2.45, 2.75) is 26.8 Å². The Morgan fingerprint density at radius 2 is 1.83 bits per heavy atom. The summed E-state index contributed by atoms with van der Waals surface area (Å²) in [7, 11) is 0. The second-order valence-electron chi connectivity index (χ2n) is 4.14. The van der Waals surface area contributed by atoms with Gasteiger partial charge in [0.2, 0.25) is 11.9 Å². The van der Waals surface area contributed by atoms with Crippen molar-refractivity contribution >= 4 is 11.9 Å². The number of rotatable bonds is 4. The summed E-state index contributed by atoms with van der Waals surface area (Å²) in [4.78, 5) is 19.6. The molecule has 0 aliphatic rings. The molecule has 2 rings (SSSR count). The predicted octanol–water partition coefficient (Wildman–Crippen LogP) is 1.92. The highest BCUT2D eigenvalue weighted by Gasteiger charge is 2.06. The summed E-state index contributed by atoms with van der Waals surface area (Å²) in [6.07, 6.45) is 3.61. The van der Waals surface area contributed by atoms with Gasteiger partial charge in [-0.3, -0.25) is 10.1 Å². The van der Waals surface area contributed by atoms with Crippen LogP contribution in [0.25, 0.3) is 0 Å². The molecule has 5 nitrogen and oxygen atoms in total. The molecule has 0 fully saturated rings. The summed E-state index contributed by atoms with van der Waals surface area (Å²) in [5.41, 5.74) is 2.33. The van der Waals surface area contributed by atoms with E-state index in [9.17, 15) is 4.79 Å². The Hall–Kier alpha value is -2.17. The minimum absolute atomic E-state index is 0.0753. The number of nitrogens with one attached hydrogen (secondary N) is 1. The lowest BCUT2D eigenvalue weighted by Crippen LogP contribution is -2.16. The van der Waals surface area contributed by atoms with Crippen molar-refractivity contribution in [3.05, 3.63) is 42.0 Å². The molecular formula is C13H16N4O. The molecule has 18 heavy (non-hydrogen) atoms. The van der Waals surface area contributed by atoms with E-state index in [1.807, 2.05) is 26.0 Å². The number of aryl methyl sites for hydroxylation is 2. The zero-order valence-corrected chi connectivity index (χ0v) is 10.6. The van der Waals surface area contributed by atoms with Gasteiger partial charge in [0.25, 0.3) is 0 Å². The number of carbonyl (C=O) groups excluding carboxylic acids is 1. The van der Waals surface area contributed by atoms with E-state index >= 15 is 0 Å². The lowest BCUT2D eigenvalue weighted by molar-refractivity contribution is -0.116. The van der Waals surface area contributed by atoms with Gasteiger partial charge < -0.3 is 4.57 Å².